The third-order valence-corrected chi connectivity index (χ3v) is 3.78. The number of benzene rings is 1. The van der Waals surface area contributed by atoms with E-state index < -0.39 is 0 Å². The van der Waals surface area contributed by atoms with Gasteiger partial charge in [0.2, 0.25) is 0 Å². The second kappa shape index (κ2) is 9.19. The number of rotatable bonds is 2. The summed E-state index contributed by atoms with van der Waals surface area (Å²) in [4.78, 5) is 0. The Balaban J connectivity index is 0.000000203. The van der Waals surface area contributed by atoms with Crippen molar-refractivity contribution in [3.05, 3.63) is 35.4 Å². The molecule has 0 spiro atoms. The minimum absolute atomic E-state index is 0.0231. The second-order valence-corrected chi connectivity index (χ2v) is 5.81. The molecule has 5 heteroatoms. The summed E-state index contributed by atoms with van der Waals surface area (Å²) in [5.41, 5.74) is 13.7. The Labute approximate surface area is 137 Å². The summed E-state index contributed by atoms with van der Waals surface area (Å²) in [6.07, 6.45) is 6.47. The molecule has 0 bridgehead atoms. The lowest BCUT2D eigenvalue weighted by Gasteiger charge is -2.20. The van der Waals surface area contributed by atoms with Crippen molar-refractivity contribution >= 4 is 5.84 Å². The van der Waals surface area contributed by atoms with Gasteiger partial charge in [0.25, 0.3) is 0 Å². The van der Waals surface area contributed by atoms with Crippen LogP contribution in [0.25, 0.3) is 0 Å². The summed E-state index contributed by atoms with van der Waals surface area (Å²) in [5, 5.41) is 10.5. The van der Waals surface area contributed by atoms with Crippen LogP contribution in [0.15, 0.2) is 29.4 Å². The van der Waals surface area contributed by atoms with Crippen molar-refractivity contribution in [3.63, 3.8) is 0 Å². The van der Waals surface area contributed by atoms with E-state index in [1.54, 1.807) is 12.1 Å². The van der Waals surface area contributed by atoms with Crippen LogP contribution in [0.4, 0.5) is 0 Å². The van der Waals surface area contributed by atoms with Crippen LogP contribution in [-0.2, 0) is 4.74 Å². The molecule has 5 nitrogen and oxygen atoms in total. The van der Waals surface area contributed by atoms with Crippen LogP contribution in [0.1, 0.15) is 43.2 Å². The molecule has 4 N–H and O–H groups in total. The highest BCUT2D eigenvalue weighted by Gasteiger charge is 2.17. The maximum atomic E-state index is 7.40. The molecule has 3 rings (SSSR count). The average molecular weight is 312 g/mol. The zero-order valence-electron chi connectivity index (χ0n) is 13.3. The highest BCUT2D eigenvalue weighted by Crippen LogP contribution is 2.27. The van der Waals surface area contributed by atoms with Gasteiger partial charge in [-0.05, 0) is 44.2 Å². The molecule has 1 aliphatic carbocycles. The Morgan fingerprint density at radius 2 is 2.13 bits per heavy atom. The molecule has 1 saturated carbocycles. The van der Waals surface area contributed by atoms with Crippen LogP contribution in [0.3, 0.4) is 0 Å². The number of amidine groups is 1. The van der Waals surface area contributed by atoms with Gasteiger partial charge in [0.1, 0.15) is 0 Å². The summed E-state index contributed by atoms with van der Waals surface area (Å²) in [5.74, 6) is 6.79. The van der Waals surface area contributed by atoms with Gasteiger partial charge in [-0.3, -0.25) is 5.41 Å². The van der Waals surface area contributed by atoms with Gasteiger partial charge >= 0.3 is 0 Å². The van der Waals surface area contributed by atoms with Crippen molar-refractivity contribution in [2.45, 2.75) is 38.2 Å². The molecule has 1 atom stereocenters. The van der Waals surface area contributed by atoms with Crippen molar-refractivity contribution < 1.29 is 4.74 Å². The highest BCUT2D eigenvalue weighted by atomic mass is 16.5. The number of hydrogen-bond acceptors (Lipinski definition) is 4. The molecule has 1 heterocycles. The molecule has 23 heavy (non-hydrogen) atoms. The van der Waals surface area contributed by atoms with Gasteiger partial charge in [0.05, 0.1) is 6.10 Å². The van der Waals surface area contributed by atoms with Crippen LogP contribution >= 0.6 is 0 Å². The molecule has 2 fully saturated rings. The Kier molecular flexibility index (Phi) is 6.92. The van der Waals surface area contributed by atoms with E-state index in [1.165, 1.54) is 25.7 Å². The number of ether oxygens (including phenoxy) is 1. The molecule has 2 aliphatic rings. The largest absolute Gasteiger partial charge is 0.377 e. The first-order chi connectivity index (χ1) is 11.2. The summed E-state index contributed by atoms with van der Waals surface area (Å²) in [7, 11) is 0. The van der Waals surface area contributed by atoms with Crippen molar-refractivity contribution in [2.75, 3.05) is 13.2 Å². The fourth-order valence-electron chi connectivity index (χ4n) is 2.22. The van der Waals surface area contributed by atoms with Crippen LogP contribution in [0, 0.1) is 28.7 Å². The maximum Gasteiger partial charge on any atom is 0.173 e. The molecule has 0 amide bonds. The van der Waals surface area contributed by atoms with E-state index in [-0.39, 0.29) is 5.84 Å². The van der Waals surface area contributed by atoms with Crippen LogP contribution < -0.4 is 5.73 Å². The van der Waals surface area contributed by atoms with Gasteiger partial charge in [0.15, 0.2) is 5.84 Å². The molecule has 1 aromatic carbocycles. The fraction of sp³-hybridized carbons (Fsp3) is 0.500. The Morgan fingerprint density at radius 1 is 1.30 bits per heavy atom. The third-order valence-electron chi connectivity index (χ3n) is 3.78. The van der Waals surface area contributed by atoms with E-state index in [0.29, 0.717) is 24.1 Å². The molecule has 1 aromatic rings. The average Bonchev–Trinajstić information content (AvgIpc) is 3.45. The van der Waals surface area contributed by atoms with Gasteiger partial charge < -0.3 is 10.5 Å². The van der Waals surface area contributed by atoms with E-state index >= 15 is 0 Å². The summed E-state index contributed by atoms with van der Waals surface area (Å²) >= 11 is 0. The van der Waals surface area contributed by atoms with Gasteiger partial charge in [-0.1, -0.05) is 24.0 Å². The van der Waals surface area contributed by atoms with E-state index in [2.05, 4.69) is 17.0 Å². The van der Waals surface area contributed by atoms with Crippen LogP contribution in [-0.4, -0.2) is 25.1 Å². The van der Waals surface area contributed by atoms with Crippen LogP contribution in [0.2, 0.25) is 0 Å². The molecular formula is C18H24N4O. The molecule has 1 unspecified atom stereocenters. The number of nitrogens with one attached hydrogen (secondary N) is 2. The van der Waals surface area contributed by atoms with Crippen molar-refractivity contribution in [2.24, 2.45) is 16.8 Å². The molecule has 1 saturated heterocycles. The van der Waals surface area contributed by atoms with E-state index in [9.17, 15) is 0 Å². The van der Waals surface area contributed by atoms with E-state index in [1.807, 2.05) is 12.1 Å². The first-order valence-corrected chi connectivity index (χ1v) is 8.12. The zero-order chi connectivity index (χ0) is 16.5. The lowest BCUT2D eigenvalue weighted by molar-refractivity contribution is 0.0222. The quantitative estimate of drug-likeness (QED) is 0.338. The van der Waals surface area contributed by atoms with Gasteiger partial charge in [-0.25, -0.2) is 5.53 Å². The molecule has 0 aromatic heterocycles. The molecule has 0 radical (unpaired) electrons. The molecule has 1 aliphatic heterocycles. The predicted molar refractivity (Wildman–Crippen MR) is 90.7 cm³/mol. The highest BCUT2D eigenvalue weighted by molar-refractivity contribution is 5.96. The third kappa shape index (κ3) is 6.31. The standard InChI is InChI=1S/C12H11N3.C6H13NO/c13-12(15-14)11-3-1-2-10(8-11)7-6-9-4-5-9;7-5-6-3-1-2-4-8-6/h1-3,8-9,13-14H,4-5H2;6H,1-5,7H2. The topological polar surface area (TPSA) is 95.3 Å². The SMILES string of the molecule is N=NC(=N)c1cccc(C#CC2CC2)c1.NCC1CCCCO1. The Morgan fingerprint density at radius 3 is 2.70 bits per heavy atom. The Bertz CT molecular complexity index is 593. The molecule has 122 valence electrons. The predicted octanol–water partition coefficient (Wildman–Crippen LogP) is 3.32. The minimum Gasteiger partial charge on any atom is -0.377 e. The summed E-state index contributed by atoms with van der Waals surface area (Å²) < 4.78 is 5.30. The normalized spacial score (nSPS) is 19.6. The van der Waals surface area contributed by atoms with Crippen molar-refractivity contribution in [1.82, 2.24) is 0 Å². The smallest absolute Gasteiger partial charge is 0.173 e. The van der Waals surface area contributed by atoms with Crippen molar-refractivity contribution in [3.8, 4) is 11.8 Å². The lowest BCUT2D eigenvalue weighted by atomic mass is 10.1. The van der Waals surface area contributed by atoms with E-state index in [4.69, 9.17) is 21.4 Å². The number of nitrogens with two attached hydrogens (primary N) is 1. The monoisotopic (exact) mass is 312 g/mol. The minimum atomic E-state index is -0.0231. The zero-order valence-corrected chi connectivity index (χ0v) is 13.3. The summed E-state index contributed by atoms with van der Waals surface area (Å²) in [6, 6.07) is 7.32. The first kappa shape index (κ1) is 17.3. The first-order valence-electron chi connectivity index (χ1n) is 8.12. The van der Waals surface area contributed by atoms with Gasteiger partial charge in [-0.15, -0.1) is 5.11 Å². The molecular weight excluding hydrogens is 288 g/mol. The number of nitrogens with zero attached hydrogens (tertiary/aromatic N) is 1. The second-order valence-electron chi connectivity index (χ2n) is 5.81. The summed E-state index contributed by atoms with van der Waals surface area (Å²) in [6.45, 7) is 1.61. The van der Waals surface area contributed by atoms with Gasteiger partial charge in [-0.2, -0.15) is 0 Å². The fourth-order valence-corrected chi connectivity index (χ4v) is 2.22. The Hall–Kier alpha value is -2.03. The lowest BCUT2D eigenvalue weighted by Crippen LogP contribution is -2.27. The maximum absolute atomic E-state index is 7.40. The van der Waals surface area contributed by atoms with E-state index in [0.717, 1.165) is 18.6 Å². The van der Waals surface area contributed by atoms with Crippen LogP contribution in [0.5, 0.6) is 0 Å². The van der Waals surface area contributed by atoms with Gasteiger partial charge in [0, 0.05) is 30.2 Å². The van der Waals surface area contributed by atoms with Crippen molar-refractivity contribution in [1.29, 1.82) is 10.9 Å². The number of hydrogen-bond donors (Lipinski definition) is 3.